The van der Waals surface area contributed by atoms with E-state index in [2.05, 4.69) is 15.3 Å². The Morgan fingerprint density at radius 2 is 1.85 bits per heavy atom. The number of rotatable bonds is 4. The molecule has 0 saturated heterocycles. The van der Waals surface area contributed by atoms with E-state index >= 15 is 0 Å². The molecule has 9 heteroatoms. The molecule has 0 spiro atoms. The molecule has 0 saturated carbocycles. The predicted molar refractivity (Wildman–Crippen MR) is 93.6 cm³/mol. The van der Waals surface area contributed by atoms with Crippen LogP contribution in [0.2, 0.25) is 0 Å². The number of alkyl halides is 3. The highest BCUT2D eigenvalue weighted by Gasteiger charge is 2.32. The molecule has 1 aromatic heterocycles. The van der Waals surface area contributed by atoms with Crippen molar-refractivity contribution in [2.75, 3.05) is 11.1 Å². The van der Waals surface area contributed by atoms with E-state index in [0.29, 0.717) is 11.3 Å². The molecule has 27 heavy (non-hydrogen) atoms. The van der Waals surface area contributed by atoms with Crippen LogP contribution in [0.1, 0.15) is 15.9 Å². The number of nitrogens with zero attached hydrogens (tertiary/aromatic N) is 2. The largest absolute Gasteiger partial charge is 0.478 e. The fourth-order valence-electron chi connectivity index (χ4n) is 2.49. The van der Waals surface area contributed by atoms with Gasteiger partial charge in [0.25, 0.3) is 0 Å². The molecule has 0 bridgehead atoms. The first-order valence-corrected chi connectivity index (χ1v) is 7.65. The second-order valence-electron chi connectivity index (χ2n) is 5.54. The number of nitrogens with two attached hydrogens (primary N) is 1. The van der Waals surface area contributed by atoms with Gasteiger partial charge in [-0.2, -0.15) is 13.2 Å². The Bertz CT molecular complexity index is 1010. The minimum atomic E-state index is -4.54. The summed E-state index contributed by atoms with van der Waals surface area (Å²) in [7, 11) is 0. The maximum Gasteiger partial charge on any atom is 0.418 e. The summed E-state index contributed by atoms with van der Waals surface area (Å²) in [6.45, 7) is 0. The predicted octanol–water partition coefficient (Wildman–Crippen LogP) is 4.19. The zero-order valence-corrected chi connectivity index (χ0v) is 13.7. The summed E-state index contributed by atoms with van der Waals surface area (Å²) in [4.78, 5) is 19.6. The third kappa shape index (κ3) is 3.97. The Balaban J connectivity index is 1.92. The van der Waals surface area contributed by atoms with Crippen molar-refractivity contribution in [3.8, 4) is 11.3 Å². The maximum absolute atomic E-state index is 12.8. The van der Waals surface area contributed by atoms with Gasteiger partial charge in [0.05, 0.1) is 16.8 Å². The van der Waals surface area contributed by atoms with Crippen LogP contribution < -0.4 is 11.1 Å². The van der Waals surface area contributed by atoms with Crippen molar-refractivity contribution in [1.29, 1.82) is 0 Å². The Morgan fingerprint density at radius 3 is 2.52 bits per heavy atom. The number of carboxylic acid groups (broad SMARTS) is 1. The molecule has 0 fully saturated rings. The van der Waals surface area contributed by atoms with E-state index in [9.17, 15) is 23.1 Å². The van der Waals surface area contributed by atoms with Gasteiger partial charge in [0.2, 0.25) is 5.95 Å². The highest BCUT2D eigenvalue weighted by molar-refractivity contribution is 5.95. The molecule has 4 N–H and O–H groups in total. The molecule has 0 aliphatic rings. The zero-order chi connectivity index (χ0) is 19.6. The molecule has 0 aliphatic heterocycles. The third-order valence-electron chi connectivity index (χ3n) is 3.70. The number of aromatic nitrogens is 2. The maximum atomic E-state index is 12.8. The number of anilines is 3. The second kappa shape index (κ2) is 6.94. The number of nitrogen functional groups attached to an aromatic ring is 1. The molecule has 0 atom stereocenters. The summed E-state index contributed by atoms with van der Waals surface area (Å²) in [5.41, 5.74) is 5.19. The van der Waals surface area contributed by atoms with Gasteiger partial charge in [0.1, 0.15) is 0 Å². The molecule has 0 amide bonds. The van der Waals surface area contributed by atoms with Gasteiger partial charge in [0, 0.05) is 23.1 Å². The van der Waals surface area contributed by atoms with E-state index in [1.54, 1.807) is 18.2 Å². The molecular weight excluding hydrogens is 361 g/mol. The molecule has 3 rings (SSSR count). The smallest absolute Gasteiger partial charge is 0.418 e. The lowest BCUT2D eigenvalue weighted by Crippen LogP contribution is -2.09. The van der Waals surface area contributed by atoms with Crippen LogP contribution in [-0.4, -0.2) is 21.0 Å². The molecule has 0 aliphatic carbocycles. The SMILES string of the molecule is Nc1cc(Nc2nccc(-c3ccccc3C(=O)O)n2)ccc1C(F)(F)F. The molecule has 0 radical (unpaired) electrons. The summed E-state index contributed by atoms with van der Waals surface area (Å²) in [6, 6.07) is 11.1. The molecule has 3 aromatic rings. The van der Waals surface area contributed by atoms with Crippen molar-refractivity contribution in [3.63, 3.8) is 0 Å². The topological polar surface area (TPSA) is 101 Å². The van der Waals surface area contributed by atoms with Crippen molar-refractivity contribution in [2.24, 2.45) is 0 Å². The highest BCUT2D eigenvalue weighted by atomic mass is 19.4. The number of halogens is 3. The van der Waals surface area contributed by atoms with Gasteiger partial charge in [-0.3, -0.25) is 0 Å². The number of aromatic carboxylic acids is 1. The summed E-state index contributed by atoms with van der Waals surface area (Å²) < 4.78 is 38.3. The van der Waals surface area contributed by atoms with Crippen LogP contribution >= 0.6 is 0 Å². The van der Waals surface area contributed by atoms with Gasteiger partial charge in [-0.25, -0.2) is 14.8 Å². The summed E-state index contributed by atoms with van der Waals surface area (Å²) in [5.74, 6) is -1.01. The van der Waals surface area contributed by atoms with E-state index in [1.165, 1.54) is 24.4 Å². The number of carbonyl (C=O) groups is 1. The Hall–Kier alpha value is -3.62. The Kier molecular flexibility index (Phi) is 4.68. The minimum Gasteiger partial charge on any atom is -0.478 e. The standard InChI is InChI=1S/C18H13F3N4O2/c19-18(20,21)13-6-5-10(9-14(13)22)24-17-23-8-7-15(25-17)11-3-1-2-4-12(11)16(26)27/h1-9H,22H2,(H,26,27)(H,23,24,25). The number of benzene rings is 2. The van der Waals surface area contributed by atoms with Crippen LogP contribution in [0.15, 0.2) is 54.7 Å². The van der Waals surface area contributed by atoms with Crippen molar-refractivity contribution in [3.05, 3.63) is 65.9 Å². The molecule has 1 heterocycles. The van der Waals surface area contributed by atoms with Crippen molar-refractivity contribution >= 4 is 23.3 Å². The first-order chi connectivity index (χ1) is 12.8. The Labute approximate surface area is 151 Å². The van der Waals surface area contributed by atoms with Crippen LogP contribution in [0, 0.1) is 0 Å². The van der Waals surface area contributed by atoms with Gasteiger partial charge >= 0.3 is 12.1 Å². The Morgan fingerprint density at radius 1 is 1.11 bits per heavy atom. The van der Waals surface area contributed by atoms with Crippen molar-refractivity contribution in [2.45, 2.75) is 6.18 Å². The quantitative estimate of drug-likeness (QED) is 0.592. The molecular formula is C18H13F3N4O2. The summed E-state index contributed by atoms with van der Waals surface area (Å²) in [6.07, 6.45) is -3.13. The van der Waals surface area contributed by atoms with Crippen LogP contribution in [-0.2, 0) is 6.18 Å². The first-order valence-electron chi connectivity index (χ1n) is 7.65. The molecule has 2 aromatic carbocycles. The lowest BCUT2D eigenvalue weighted by atomic mass is 10.0. The number of hydrogen-bond donors (Lipinski definition) is 3. The van der Waals surface area contributed by atoms with E-state index in [4.69, 9.17) is 5.73 Å². The van der Waals surface area contributed by atoms with Crippen LogP contribution in [0.25, 0.3) is 11.3 Å². The fourth-order valence-corrected chi connectivity index (χ4v) is 2.49. The van der Waals surface area contributed by atoms with Gasteiger partial charge in [-0.05, 0) is 30.3 Å². The third-order valence-corrected chi connectivity index (χ3v) is 3.70. The number of carboxylic acids is 1. The lowest BCUT2D eigenvalue weighted by molar-refractivity contribution is -0.136. The average Bonchev–Trinajstić information content (AvgIpc) is 2.61. The summed E-state index contributed by atoms with van der Waals surface area (Å²) >= 11 is 0. The average molecular weight is 374 g/mol. The van der Waals surface area contributed by atoms with Crippen molar-refractivity contribution < 1.29 is 23.1 Å². The van der Waals surface area contributed by atoms with Gasteiger partial charge in [-0.15, -0.1) is 0 Å². The van der Waals surface area contributed by atoms with E-state index in [-0.39, 0.29) is 17.2 Å². The van der Waals surface area contributed by atoms with Crippen molar-refractivity contribution in [1.82, 2.24) is 9.97 Å². The second-order valence-corrected chi connectivity index (χ2v) is 5.54. The van der Waals surface area contributed by atoms with Crippen LogP contribution in [0.3, 0.4) is 0 Å². The lowest BCUT2D eigenvalue weighted by Gasteiger charge is -2.12. The van der Waals surface area contributed by atoms with Gasteiger partial charge in [0.15, 0.2) is 0 Å². The van der Waals surface area contributed by atoms with E-state index in [1.807, 2.05) is 0 Å². The highest BCUT2D eigenvalue weighted by Crippen LogP contribution is 2.35. The van der Waals surface area contributed by atoms with Crippen LogP contribution in [0.4, 0.5) is 30.5 Å². The van der Waals surface area contributed by atoms with E-state index < -0.39 is 23.4 Å². The molecule has 6 nitrogen and oxygen atoms in total. The zero-order valence-electron chi connectivity index (χ0n) is 13.7. The van der Waals surface area contributed by atoms with Gasteiger partial charge in [-0.1, -0.05) is 18.2 Å². The summed E-state index contributed by atoms with van der Waals surface area (Å²) in [5, 5.41) is 12.1. The van der Waals surface area contributed by atoms with Crippen LogP contribution in [0.5, 0.6) is 0 Å². The first kappa shape index (κ1) is 18.2. The molecule has 138 valence electrons. The van der Waals surface area contributed by atoms with Gasteiger partial charge < -0.3 is 16.2 Å². The molecule has 0 unspecified atom stereocenters. The minimum absolute atomic E-state index is 0.0703. The van der Waals surface area contributed by atoms with E-state index in [0.717, 1.165) is 12.1 Å². The normalized spacial score (nSPS) is 11.2. The monoisotopic (exact) mass is 374 g/mol. The number of nitrogens with one attached hydrogen (secondary N) is 1. The fraction of sp³-hybridized carbons (Fsp3) is 0.0556. The number of hydrogen-bond acceptors (Lipinski definition) is 5.